The highest BCUT2D eigenvalue weighted by Gasteiger charge is 2.39. The number of aromatic hydroxyl groups is 1. The molecule has 0 spiro atoms. The lowest BCUT2D eigenvalue weighted by atomic mass is 9.91. The minimum atomic E-state index is -1.36. The van der Waals surface area contributed by atoms with Crippen LogP contribution in [0.2, 0.25) is 0 Å². The lowest BCUT2D eigenvalue weighted by Gasteiger charge is -2.41. The van der Waals surface area contributed by atoms with Gasteiger partial charge in [-0.3, -0.25) is 19.8 Å². The van der Waals surface area contributed by atoms with Gasteiger partial charge in [-0.2, -0.15) is 0 Å². The number of aryl methyl sites for hydroxylation is 2. The number of phenols is 1. The van der Waals surface area contributed by atoms with E-state index < -0.39 is 11.7 Å². The Morgan fingerprint density at radius 1 is 0.951 bits per heavy atom. The number of anilines is 3. The summed E-state index contributed by atoms with van der Waals surface area (Å²) in [5, 5.41) is 22.3. The van der Waals surface area contributed by atoms with Crippen LogP contribution in [-0.2, 0) is 9.53 Å². The number of benzene rings is 3. The number of phenolic OH excluding ortho intramolecular Hbond substituents is 1. The normalized spacial score (nSPS) is 20.3. The Kier molecular flexibility index (Phi) is 10.9. The van der Waals surface area contributed by atoms with Crippen molar-refractivity contribution in [3.8, 4) is 17.0 Å². The molecule has 3 aromatic carbocycles. The molecule has 2 aromatic heterocycles. The third kappa shape index (κ3) is 8.11. The average molecular weight is 830 g/mol. The fraction of sp³-hybridized carbons (Fsp3) is 0.413. The zero-order valence-electron chi connectivity index (χ0n) is 34.6. The van der Waals surface area contributed by atoms with Gasteiger partial charge in [-0.15, -0.1) is 10.2 Å². The molecule has 14 nitrogen and oxygen atoms in total. The van der Waals surface area contributed by atoms with E-state index in [4.69, 9.17) is 10.5 Å². The molecule has 0 bridgehead atoms. The van der Waals surface area contributed by atoms with Crippen LogP contribution >= 0.6 is 0 Å². The maximum absolute atomic E-state index is 16.4. The third-order valence-electron chi connectivity index (χ3n) is 13.0. The van der Waals surface area contributed by atoms with Gasteiger partial charge in [0, 0.05) is 112 Å². The van der Waals surface area contributed by atoms with Crippen LogP contribution < -0.4 is 20.9 Å². The number of amides is 4. The number of likely N-dealkylation sites (tertiary alicyclic amines) is 2. The van der Waals surface area contributed by atoms with Crippen LogP contribution in [0.1, 0.15) is 71.3 Å². The van der Waals surface area contributed by atoms with Crippen molar-refractivity contribution in [3.63, 3.8) is 0 Å². The molecule has 61 heavy (non-hydrogen) atoms. The molecule has 0 radical (unpaired) electrons. The average Bonchev–Trinajstić information content (AvgIpc) is 3.59. The topological polar surface area (TPSA) is 162 Å². The van der Waals surface area contributed by atoms with Crippen molar-refractivity contribution in [2.24, 2.45) is 0 Å². The molecule has 0 unspecified atom stereocenters. The van der Waals surface area contributed by atoms with E-state index in [0.29, 0.717) is 87.0 Å². The fourth-order valence-corrected chi connectivity index (χ4v) is 9.59. The molecule has 4 fully saturated rings. The summed E-state index contributed by atoms with van der Waals surface area (Å²) in [6.45, 7) is 8.68. The van der Waals surface area contributed by atoms with Gasteiger partial charge in [-0.25, -0.2) is 9.18 Å². The second-order valence-electron chi connectivity index (χ2n) is 17.0. The van der Waals surface area contributed by atoms with Crippen molar-refractivity contribution in [1.29, 1.82) is 0 Å². The number of ether oxygens (including phenoxy) is 1. The molecule has 0 saturated carbocycles. The van der Waals surface area contributed by atoms with Crippen LogP contribution in [0.15, 0.2) is 72.9 Å². The molecule has 4 aliphatic rings. The number of para-hydroxylation sites is 1. The predicted octanol–water partition coefficient (Wildman–Crippen LogP) is 6.31. The van der Waals surface area contributed by atoms with Crippen molar-refractivity contribution in [3.05, 3.63) is 95.2 Å². The molecule has 318 valence electrons. The molecule has 9 rings (SSSR count). The quantitative estimate of drug-likeness (QED) is 0.162. The highest BCUT2D eigenvalue weighted by molar-refractivity contribution is 6.06. The Morgan fingerprint density at radius 2 is 1.74 bits per heavy atom. The van der Waals surface area contributed by atoms with Gasteiger partial charge in [-0.1, -0.05) is 18.2 Å². The number of aromatic nitrogens is 3. The summed E-state index contributed by atoms with van der Waals surface area (Å²) in [6.07, 6.45) is 4.59. The third-order valence-corrected chi connectivity index (χ3v) is 13.0. The summed E-state index contributed by atoms with van der Waals surface area (Å²) in [7, 11) is 0. The van der Waals surface area contributed by atoms with E-state index in [1.807, 2.05) is 49.4 Å². The lowest BCUT2D eigenvalue weighted by molar-refractivity contribution is -0.120. The summed E-state index contributed by atoms with van der Waals surface area (Å²) < 4.78 is 25.0. The number of nitrogens with zero attached hydrogens (tertiary/aromatic N) is 7. The zero-order chi connectivity index (χ0) is 42.4. The number of halogens is 1. The van der Waals surface area contributed by atoms with Gasteiger partial charge in [-0.05, 0) is 91.9 Å². The first-order valence-electron chi connectivity index (χ1n) is 21.2. The van der Waals surface area contributed by atoms with Crippen molar-refractivity contribution < 1.29 is 28.6 Å². The highest BCUT2D eigenvalue weighted by Crippen LogP contribution is 2.37. The van der Waals surface area contributed by atoms with E-state index in [1.54, 1.807) is 28.0 Å². The minimum Gasteiger partial charge on any atom is -0.507 e. The van der Waals surface area contributed by atoms with E-state index >= 15 is 4.39 Å². The first-order chi connectivity index (χ1) is 29.4. The number of nitrogen functional groups attached to an aromatic ring is 1. The number of alkyl halides is 1. The summed E-state index contributed by atoms with van der Waals surface area (Å²) in [5.41, 5.74) is 12.3. The SMILES string of the molecule is Cc1cc(C(=O)N2CCC(F)(CN3CCC(n4cc(C)c5cc(N6CCC(=O)NC6=O)ccc54)CC3)CC2)ccc1[C@@H]1CN(c2cc(-c3ccccc3O)nnc2N)CCO1. The van der Waals surface area contributed by atoms with Gasteiger partial charge < -0.3 is 34.8 Å². The molecule has 4 amide bonds. The Morgan fingerprint density at radius 3 is 2.49 bits per heavy atom. The minimum absolute atomic E-state index is 0.0910. The number of urea groups is 1. The molecule has 0 aliphatic carbocycles. The first-order valence-corrected chi connectivity index (χ1v) is 21.2. The van der Waals surface area contributed by atoms with Crippen LogP contribution in [0.5, 0.6) is 5.75 Å². The Balaban J connectivity index is 0.781. The molecule has 4 N–H and O–H groups in total. The standard InChI is InChI=1S/C46H52FN9O5/c1-29-23-31(7-9-34(29)41-27-54(21-22-61-41)39-25-37(50-51-43(39)48)35-5-3-4-6-40(35)57)44(59)53-19-14-46(47,15-20-53)28-52-16-11-32(12-17-52)56-26-30(2)36-24-33(8-10-38(36)56)55-18-13-42(58)49-45(55)60/h3-10,23-26,32,41,57H,11-22,27-28H2,1-2H3,(H2,48,51)(H,49,58,60)/t41-/m0/s1. The van der Waals surface area contributed by atoms with Gasteiger partial charge in [0.2, 0.25) is 5.91 Å². The number of hydrogen-bond acceptors (Lipinski definition) is 10. The zero-order valence-corrected chi connectivity index (χ0v) is 34.6. The number of rotatable bonds is 8. The number of fused-ring (bicyclic) bond motifs is 1. The largest absolute Gasteiger partial charge is 0.507 e. The van der Waals surface area contributed by atoms with E-state index in [1.165, 1.54) is 0 Å². The Bertz CT molecular complexity index is 2490. The van der Waals surface area contributed by atoms with Crippen molar-refractivity contribution in [2.75, 3.05) is 74.5 Å². The molecule has 1 atom stereocenters. The van der Waals surface area contributed by atoms with Crippen molar-refractivity contribution in [1.82, 2.24) is 29.9 Å². The number of hydrogen-bond donors (Lipinski definition) is 3. The van der Waals surface area contributed by atoms with Crippen molar-refractivity contribution in [2.45, 2.75) is 63.8 Å². The van der Waals surface area contributed by atoms with E-state index in [0.717, 1.165) is 59.2 Å². The molecular formula is C46H52FN9O5. The van der Waals surface area contributed by atoms with Crippen LogP contribution in [-0.4, -0.2) is 112 Å². The number of piperidine rings is 2. The summed E-state index contributed by atoms with van der Waals surface area (Å²) in [4.78, 5) is 45.6. The molecule has 4 aliphatic heterocycles. The maximum atomic E-state index is 16.4. The number of nitrogens with two attached hydrogens (primary N) is 1. The molecule has 4 saturated heterocycles. The second-order valence-corrected chi connectivity index (χ2v) is 17.0. The maximum Gasteiger partial charge on any atom is 0.328 e. The summed E-state index contributed by atoms with van der Waals surface area (Å²) >= 11 is 0. The highest BCUT2D eigenvalue weighted by atomic mass is 19.1. The van der Waals surface area contributed by atoms with E-state index in [9.17, 15) is 19.5 Å². The van der Waals surface area contributed by atoms with Crippen LogP contribution in [0.4, 0.5) is 26.4 Å². The Labute approximate surface area is 354 Å². The number of imide groups is 1. The monoisotopic (exact) mass is 829 g/mol. The fourth-order valence-electron chi connectivity index (χ4n) is 9.59. The molecule has 15 heteroatoms. The van der Waals surface area contributed by atoms with Crippen molar-refractivity contribution >= 4 is 45.9 Å². The second kappa shape index (κ2) is 16.4. The summed E-state index contributed by atoms with van der Waals surface area (Å²) in [6, 6.07) is 20.5. The molecular weight excluding hydrogens is 778 g/mol. The van der Waals surface area contributed by atoms with Gasteiger partial charge >= 0.3 is 6.03 Å². The van der Waals surface area contributed by atoms with E-state index in [-0.39, 0.29) is 36.1 Å². The van der Waals surface area contributed by atoms with Gasteiger partial charge in [0.05, 0.1) is 18.0 Å². The lowest BCUT2D eigenvalue weighted by Crippen LogP contribution is -2.51. The van der Waals surface area contributed by atoms with E-state index in [2.05, 4.69) is 49.1 Å². The van der Waals surface area contributed by atoms with Gasteiger partial charge in [0.25, 0.3) is 5.91 Å². The van der Waals surface area contributed by atoms with Gasteiger partial charge in [0.15, 0.2) is 5.82 Å². The predicted molar refractivity (Wildman–Crippen MR) is 231 cm³/mol. The first kappa shape index (κ1) is 40.4. The molecule has 6 heterocycles. The molecule has 5 aromatic rings. The Hall–Kier alpha value is -6.06. The van der Waals surface area contributed by atoms with Crippen LogP contribution in [0.3, 0.4) is 0 Å². The number of carbonyl (C=O) groups is 3. The van der Waals surface area contributed by atoms with Crippen LogP contribution in [0, 0.1) is 13.8 Å². The smallest absolute Gasteiger partial charge is 0.328 e. The number of morpholine rings is 1. The number of carbonyl (C=O) groups excluding carboxylic acids is 3. The van der Waals surface area contributed by atoms with Crippen LogP contribution in [0.25, 0.3) is 22.2 Å². The number of nitrogens with one attached hydrogen (secondary N) is 1. The summed E-state index contributed by atoms with van der Waals surface area (Å²) in [5.74, 6) is 0.0652. The van der Waals surface area contributed by atoms with Gasteiger partial charge in [0.1, 0.15) is 17.5 Å².